The van der Waals surface area contributed by atoms with Crippen molar-refractivity contribution < 1.29 is 13.9 Å². The number of nitrogens with one attached hydrogen (secondary N) is 2. The van der Waals surface area contributed by atoms with E-state index in [1.165, 1.54) is 6.08 Å². The molecule has 0 spiro atoms. The zero-order valence-corrected chi connectivity index (χ0v) is 22.7. The largest absolute Gasteiger partial charge is 0.472 e. The number of hydrogen-bond donors (Lipinski definition) is 2. The van der Waals surface area contributed by atoms with Crippen molar-refractivity contribution in [1.29, 1.82) is 0 Å². The number of carbonyl (C=O) groups excluding carboxylic acids is 1. The van der Waals surface area contributed by atoms with E-state index in [2.05, 4.69) is 34.7 Å². The number of aromatic nitrogens is 2. The zero-order valence-electron chi connectivity index (χ0n) is 22.7. The van der Waals surface area contributed by atoms with Crippen molar-refractivity contribution in [3.05, 3.63) is 59.4 Å². The Kier molecular flexibility index (Phi) is 10.7. The highest BCUT2D eigenvalue weighted by Crippen LogP contribution is 2.25. The molecule has 2 heterocycles. The van der Waals surface area contributed by atoms with E-state index in [1.54, 1.807) is 12.2 Å². The van der Waals surface area contributed by atoms with Gasteiger partial charge in [0.2, 0.25) is 11.8 Å². The van der Waals surface area contributed by atoms with Gasteiger partial charge in [-0.15, -0.1) is 5.10 Å². The number of hydrogen-bond acceptors (Lipinski definition) is 6. The molecule has 0 aromatic carbocycles. The first kappa shape index (κ1) is 28.4. The van der Waals surface area contributed by atoms with Gasteiger partial charge in [-0.1, -0.05) is 23.8 Å². The summed E-state index contributed by atoms with van der Waals surface area (Å²) in [5.74, 6) is 0.962. The molecule has 0 bridgehead atoms. The molecule has 1 aliphatic carbocycles. The summed E-state index contributed by atoms with van der Waals surface area (Å²) in [6, 6.07) is 1.96. The Balaban J connectivity index is 1.90. The van der Waals surface area contributed by atoms with E-state index in [0.717, 1.165) is 42.0 Å². The molecule has 1 aromatic heterocycles. The van der Waals surface area contributed by atoms with Crippen LogP contribution in [0.4, 0.5) is 10.1 Å². The first-order valence-electron chi connectivity index (χ1n) is 13.1. The average Bonchev–Trinajstić information content (AvgIpc) is 2.82. The van der Waals surface area contributed by atoms with E-state index >= 15 is 0 Å². The fourth-order valence-electron chi connectivity index (χ4n) is 4.54. The molecule has 1 unspecified atom stereocenters. The van der Waals surface area contributed by atoms with Crippen LogP contribution in [0, 0.1) is 11.8 Å². The lowest BCUT2D eigenvalue weighted by Crippen LogP contribution is -2.47. The highest BCUT2D eigenvalue weighted by atomic mass is 19.1. The molecule has 202 valence electrons. The number of likely N-dealkylation sites (tertiary alicyclic amines) is 1. The summed E-state index contributed by atoms with van der Waals surface area (Å²) >= 11 is 0. The number of rotatable bonds is 12. The Morgan fingerprint density at radius 1 is 1.35 bits per heavy atom. The van der Waals surface area contributed by atoms with Crippen LogP contribution in [-0.2, 0) is 11.3 Å². The van der Waals surface area contributed by atoms with Crippen LogP contribution in [0.5, 0.6) is 5.88 Å². The summed E-state index contributed by atoms with van der Waals surface area (Å²) < 4.78 is 20.0. The predicted molar refractivity (Wildman–Crippen MR) is 146 cm³/mol. The Bertz CT molecular complexity index is 1110. The molecular formula is C28H41FN6O2. The standard InChI is InChI=1S/C28H41FN6O2/c1-6-30-28(36)24-11-10-22(14-21(24)4)19-35-27(32-20(2)3)25(31-16-23-17-34(5)18-23)15-26(33-35)37-13-9-7-8-12-29/h7-10,12,14-15,20,23-24,31H,6,11,13,16-19H2,1-5H3,(H,30,36). The molecular weight excluding hydrogens is 471 g/mol. The second-order valence-electron chi connectivity index (χ2n) is 9.98. The first-order valence-corrected chi connectivity index (χ1v) is 13.1. The fourth-order valence-corrected chi connectivity index (χ4v) is 4.54. The third-order valence-electron chi connectivity index (χ3n) is 6.30. The minimum absolute atomic E-state index is 0.0620. The van der Waals surface area contributed by atoms with Gasteiger partial charge in [0.05, 0.1) is 24.5 Å². The van der Waals surface area contributed by atoms with Crippen LogP contribution >= 0.6 is 0 Å². The van der Waals surface area contributed by atoms with Crippen molar-refractivity contribution in [3.8, 4) is 5.88 Å². The Hall–Kier alpha value is -3.20. The second-order valence-corrected chi connectivity index (χ2v) is 9.98. The van der Waals surface area contributed by atoms with Gasteiger partial charge >= 0.3 is 0 Å². The van der Waals surface area contributed by atoms with E-state index < -0.39 is 0 Å². The van der Waals surface area contributed by atoms with E-state index in [4.69, 9.17) is 14.8 Å². The number of halogens is 1. The maximum absolute atomic E-state index is 12.4. The van der Waals surface area contributed by atoms with Crippen molar-refractivity contribution >= 4 is 11.6 Å². The lowest BCUT2D eigenvalue weighted by molar-refractivity contribution is -0.123. The van der Waals surface area contributed by atoms with Gasteiger partial charge in [-0.2, -0.15) is 0 Å². The van der Waals surface area contributed by atoms with Gasteiger partial charge in [-0.05, 0) is 58.9 Å². The van der Waals surface area contributed by atoms with Crippen LogP contribution in [0.15, 0.2) is 58.9 Å². The summed E-state index contributed by atoms with van der Waals surface area (Å²) in [4.78, 5) is 19.6. The number of carbonyl (C=O) groups is 1. The monoisotopic (exact) mass is 512 g/mol. The van der Waals surface area contributed by atoms with Crippen LogP contribution in [-0.4, -0.2) is 66.5 Å². The molecule has 2 aliphatic rings. The van der Waals surface area contributed by atoms with Crippen molar-refractivity contribution in [2.75, 3.05) is 45.2 Å². The molecule has 8 nitrogen and oxygen atoms in total. The summed E-state index contributed by atoms with van der Waals surface area (Å²) in [6.07, 6.45) is 9.95. The third-order valence-corrected chi connectivity index (χ3v) is 6.30. The molecule has 1 amide bonds. The second kappa shape index (κ2) is 13.9. The molecule has 3 rings (SSSR count). The van der Waals surface area contributed by atoms with Gasteiger partial charge in [0.25, 0.3) is 0 Å². The topological polar surface area (TPSA) is 83.8 Å². The minimum atomic E-state index is -0.140. The number of anilines is 1. The molecule has 0 saturated carbocycles. The molecule has 0 radical (unpaired) electrons. The van der Waals surface area contributed by atoms with Gasteiger partial charge < -0.3 is 20.3 Å². The molecule has 9 heteroatoms. The van der Waals surface area contributed by atoms with Crippen LogP contribution in [0.2, 0.25) is 0 Å². The number of nitrogens with zero attached hydrogens (tertiary/aromatic N) is 4. The lowest BCUT2D eigenvalue weighted by atomic mass is 9.88. The van der Waals surface area contributed by atoms with E-state index in [-0.39, 0.29) is 24.5 Å². The van der Waals surface area contributed by atoms with Crippen molar-refractivity contribution in [3.63, 3.8) is 0 Å². The van der Waals surface area contributed by atoms with Gasteiger partial charge in [-0.25, -0.2) is 9.07 Å². The van der Waals surface area contributed by atoms with E-state index in [1.807, 2.05) is 38.4 Å². The molecule has 2 N–H and O–H groups in total. The van der Waals surface area contributed by atoms with Crippen molar-refractivity contribution in [1.82, 2.24) is 20.0 Å². The van der Waals surface area contributed by atoms with Gasteiger partial charge in [0, 0.05) is 44.2 Å². The highest BCUT2D eigenvalue weighted by Gasteiger charge is 2.24. The fraction of sp³-hybridized carbons (Fsp3) is 0.536. The van der Waals surface area contributed by atoms with E-state index in [9.17, 15) is 9.18 Å². The number of allylic oxidation sites excluding steroid dienone is 5. The molecule has 1 atom stereocenters. The highest BCUT2D eigenvalue weighted by molar-refractivity contribution is 5.82. The molecule has 37 heavy (non-hydrogen) atoms. The minimum Gasteiger partial charge on any atom is -0.472 e. The Morgan fingerprint density at radius 2 is 2.14 bits per heavy atom. The lowest BCUT2D eigenvalue weighted by Gasteiger charge is -2.36. The average molecular weight is 513 g/mol. The van der Waals surface area contributed by atoms with E-state index in [0.29, 0.717) is 37.6 Å². The maximum atomic E-state index is 12.4. The van der Waals surface area contributed by atoms with Gasteiger partial charge in [0.15, 0.2) is 5.49 Å². The van der Waals surface area contributed by atoms with Crippen LogP contribution in [0.3, 0.4) is 0 Å². The smallest absolute Gasteiger partial charge is 0.233 e. The predicted octanol–water partition coefficient (Wildman–Crippen LogP) is 3.61. The number of amides is 1. The van der Waals surface area contributed by atoms with Gasteiger partial charge in [0.1, 0.15) is 6.61 Å². The zero-order chi connectivity index (χ0) is 26.8. The maximum Gasteiger partial charge on any atom is 0.233 e. The Morgan fingerprint density at radius 3 is 2.78 bits per heavy atom. The Labute approximate surface area is 219 Å². The quantitative estimate of drug-likeness (QED) is 0.418. The normalized spacial score (nSPS) is 19.3. The summed E-state index contributed by atoms with van der Waals surface area (Å²) in [5, 5.41) is 11.3. The molecule has 1 aromatic rings. The summed E-state index contributed by atoms with van der Waals surface area (Å²) in [6.45, 7) is 12.4. The first-order chi connectivity index (χ1) is 17.8. The summed E-state index contributed by atoms with van der Waals surface area (Å²) in [5.41, 5.74) is 3.76. The summed E-state index contributed by atoms with van der Waals surface area (Å²) in [7, 11) is 2.12. The van der Waals surface area contributed by atoms with Crippen molar-refractivity contribution in [2.45, 2.75) is 46.7 Å². The van der Waals surface area contributed by atoms with Gasteiger partial charge in [-0.3, -0.25) is 9.79 Å². The van der Waals surface area contributed by atoms with Crippen molar-refractivity contribution in [2.24, 2.45) is 16.8 Å². The molecule has 1 aliphatic heterocycles. The molecule has 1 fully saturated rings. The third kappa shape index (κ3) is 8.42. The van der Waals surface area contributed by atoms with Crippen LogP contribution in [0.25, 0.3) is 0 Å². The van der Waals surface area contributed by atoms with Crippen LogP contribution in [0.1, 0.15) is 34.1 Å². The number of ether oxygens (including phenoxy) is 1. The SMILES string of the molecule is CCNC(=O)C1CC=C(Cn2nc(OCC=CC=CF)cc(NCC3CN(C)C3)c2=NC(C)C)C=C1C. The molecule has 1 saturated heterocycles. The van der Waals surface area contributed by atoms with Crippen LogP contribution < -0.4 is 20.9 Å².